The van der Waals surface area contributed by atoms with Gasteiger partial charge in [0.1, 0.15) is 23.7 Å². The van der Waals surface area contributed by atoms with Gasteiger partial charge in [0.2, 0.25) is 5.95 Å². The van der Waals surface area contributed by atoms with Gasteiger partial charge in [-0.3, -0.25) is 0 Å². The zero-order chi connectivity index (χ0) is 15.7. The molecule has 118 valence electrons. The number of rotatable bonds is 2. The highest BCUT2D eigenvalue weighted by Gasteiger charge is 2.34. The summed E-state index contributed by atoms with van der Waals surface area (Å²) in [6, 6.07) is 1.25. The predicted molar refractivity (Wildman–Crippen MR) is 69.8 cm³/mol. The van der Waals surface area contributed by atoms with Gasteiger partial charge in [0.05, 0.1) is 6.20 Å². The van der Waals surface area contributed by atoms with Gasteiger partial charge in [-0.05, 0) is 12.8 Å². The largest absolute Gasteiger partial charge is 0.432 e. The van der Waals surface area contributed by atoms with Gasteiger partial charge in [0.15, 0.2) is 0 Å². The molecule has 0 atom stereocenters. The molecule has 1 N–H and O–H groups in total. The molecule has 1 saturated heterocycles. The highest BCUT2D eigenvalue weighted by atomic mass is 19.4. The smallest absolute Gasteiger partial charge is 0.356 e. The second kappa shape index (κ2) is 5.54. The summed E-state index contributed by atoms with van der Waals surface area (Å²) in [5, 5.41) is 0. The molecule has 22 heavy (non-hydrogen) atoms. The number of anilines is 1. The van der Waals surface area contributed by atoms with Gasteiger partial charge < -0.3 is 9.88 Å². The van der Waals surface area contributed by atoms with Crippen LogP contribution in [0.25, 0.3) is 0 Å². The van der Waals surface area contributed by atoms with Gasteiger partial charge in [-0.15, -0.1) is 0 Å². The average molecular weight is 315 g/mol. The summed E-state index contributed by atoms with van der Waals surface area (Å²) < 4.78 is 50.8. The molecule has 1 aliphatic heterocycles. The van der Waals surface area contributed by atoms with Crippen molar-refractivity contribution in [2.75, 3.05) is 18.0 Å². The van der Waals surface area contributed by atoms with Gasteiger partial charge in [0.25, 0.3) is 0 Å². The number of nitrogens with one attached hydrogen (secondary N) is 1. The molecular formula is C13H13F4N5. The van der Waals surface area contributed by atoms with Crippen molar-refractivity contribution >= 4 is 5.82 Å². The Morgan fingerprint density at radius 3 is 2.45 bits per heavy atom. The fourth-order valence-electron chi connectivity index (χ4n) is 2.57. The molecule has 0 saturated carbocycles. The minimum absolute atomic E-state index is 0.0703. The third-order valence-electron chi connectivity index (χ3n) is 3.73. The van der Waals surface area contributed by atoms with E-state index in [2.05, 4.69) is 19.9 Å². The molecule has 0 aliphatic carbocycles. The summed E-state index contributed by atoms with van der Waals surface area (Å²) in [7, 11) is 0. The lowest BCUT2D eigenvalue weighted by molar-refractivity contribution is -0.141. The van der Waals surface area contributed by atoms with Crippen LogP contribution < -0.4 is 4.90 Å². The van der Waals surface area contributed by atoms with E-state index < -0.39 is 17.8 Å². The Labute approximate surface area is 123 Å². The van der Waals surface area contributed by atoms with Gasteiger partial charge in [-0.2, -0.15) is 17.6 Å². The molecule has 5 nitrogen and oxygen atoms in total. The molecule has 3 rings (SSSR count). The maximum atomic E-state index is 13.1. The summed E-state index contributed by atoms with van der Waals surface area (Å²) in [6.07, 6.45) is -1.20. The van der Waals surface area contributed by atoms with Gasteiger partial charge in [-0.1, -0.05) is 0 Å². The van der Waals surface area contributed by atoms with Crippen molar-refractivity contribution in [2.24, 2.45) is 0 Å². The third-order valence-corrected chi connectivity index (χ3v) is 3.73. The number of piperidine rings is 1. The number of aromatic amines is 1. The third kappa shape index (κ3) is 3.02. The zero-order valence-electron chi connectivity index (χ0n) is 11.4. The van der Waals surface area contributed by atoms with Crippen LogP contribution in [0, 0.1) is 5.95 Å². The van der Waals surface area contributed by atoms with Crippen LogP contribution in [0.3, 0.4) is 0 Å². The van der Waals surface area contributed by atoms with Crippen LogP contribution in [0.5, 0.6) is 0 Å². The second-order valence-electron chi connectivity index (χ2n) is 5.14. The Bertz CT molecular complexity index is 646. The fourth-order valence-corrected chi connectivity index (χ4v) is 2.57. The van der Waals surface area contributed by atoms with E-state index in [-0.39, 0.29) is 5.92 Å². The molecule has 0 aromatic carbocycles. The van der Waals surface area contributed by atoms with Crippen molar-refractivity contribution in [1.29, 1.82) is 0 Å². The van der Waals surface area contributed by atoms with Crippen LogP contribution in [0.15, 0.2) is 18.6 Å². The van der Waals surface area contributed by atoms with Crippen LogP contribution in [0.2, 0.25) is 0 Å². The van der Waals surface area contributed by atoms with E-state index in [9.17, 15) is 17.6 Å². The molecule has 1 aliphatic rings. The summed E-state index contributed by atoms with van der Waals surface area (Å²) in [5.74, 6) is 0.161. The lowest BCUT2D eigenvalue weighted by Gasteiger charge is -2.31. The molecule has 9 heteroatoms. The second-order valence-corrected chi connectivity index (χ2v) is 5.14. The number of nitrogens with zero attached hydrogens (tertiary/aromatic N) is 4. The van der Waals surface area contributed by atoms with Crippen molar-refractivity contribution in [2.45, 2.75) is 24.9 Å². The fraction of sp³-hybridized carbons (Fsp3) is 0.462. The van der Waals surface area contributed by atoms with Gasteiger partial charge >= 0.3 is 6.18 Å². The summed E-state index contributed by atoms with van der Waals surface area (Å²) in [4.78, 5) is 15.5. The topological polar surface area (TPSA) is 57.7 Å². The van der Waals surface area contributed by atoms with Crippen LogP contribution in [-0.2, 0) is 6.18 Å². The Morgan fingerprint density at radius 2 is 1.86 bits per heavy atom. The molecule has 2 aromatic rings. The summed E-state index contributed by atoms with van der Waals surface area (Å²) in [5.41, 5.74) is -0.831. The molecule has 0 bridgehead atoms. The summed E-state index contributed by atoms with van der Waals surface area (Å²) in [6.45, 7) is 1.15. The first-order chi connectivity index (χ1) is 10.4. The van der Waals surface area contributed by atoms with Crippen molar-refractivity contribution < 1.29 is 17.6 Å². The number of hydrogen-bond acceptors (Lipinski definition) is 4. The van der Waals surface area contributed by atoms with Crippen molar-refractivity contribution in [1.82, 2.24) is 19.9 Å². The molecule has 0 spiro atoms. The minimum Gasteiger partial charge on any atom is -0.356 e. The van der Waals surface area contributed by atoms with E-state index in [1.165, 1.54) is 6.07 Å². The number of hydrogen-bond donors (Lipinski definition) is 1. The Kier molecular flexibility index (Phi) is 3.71. The quantitative estimate of drug-likeness (QED) is 0.684. The average Bonchev–Trinajstić information content (AvgIpc) is 2.97. The Balaban J connectivity index is 1.65. The first-order valence-corrected chi connectivity index (χ1v) is 6.78. The number of aromatic nitrogens is 4. The molecular weight excluding hydrogens is 302 g/mol. The number of halogens is 4. The predicted octanol–water partition coefficient (Wildman–Crippen LogP) is 2.74. The Morgan fingerprint density at radius 1 is 1.14 bits per heavy atom. The first-order valence-electron chi connectivity index (χ1n) is 6.78. The van der Waals surface area contributed by atoms with E-state index in [0.717, 1.165) is 12.5 Å². The normalized spacial score (nSPS) is 17.0. The number of imidazole rings is 1. The van der Waals surface area contributed by atoms with Crippen LogP contribution in [0.1, 0.15) is 30.3 Å². The molecule has 0 amide bonds. The number of H-pyrrole nitrogens is 1. The lowest BCUT2D eigenvalue weighted by atomic mass is 9.96. The van der Waals surface area contributed by atoms with E-state index in [0.29, 0.717) is 37.6 Å². The van der Waals surface area contributed by atoms with Gasteiger partial charge in [0, 0.05) is 25.1 Å². The summed E-state index contributed by atoms with van der Waals surface area (Å²) >= 11 is 0. The molecule has 2 aromatic heterocycles. The van der Waals surface area contributed by atoms with E-state index in [1.54, 1.807) is 0 Å². The highest BCUT2D eigenvalue weighted by Crippen LogP contribution is 2.32. The maximum Gasteiger partial charge on any atom is 0.432 e. The van der Waals surface area contributed by atoms with Crippen molar-refractivity contribution in [3.8, 4) is 0 Å². The molecule has 3 heterocycles. The maximum absolute atomic E-state index is 13.1. The molecule has 0 unspecified atom stereocenters. The minimum atomic E-state index is -4.41. The zero-order valence-corrected chi connectivity index (χ0v) is 11.4. The molecule has 1 fully saturated rings. The standard InChI is InChI=1S/C13H13F4N5/c14-10-5-11(20-7-19-10)22-3-1-8(2-4-22)12-18-6-9(21-12)13(15,16)17/h5-8H,1-4H2,(H,18,21). The van der Waals surface area contributed by atoms with E-state index in [4.69, 9.17) is 0 Å². The van der Waals surface area contributed by atoms with Crippen LogP contribution in [0.4, 0.5) is 23.4 Å². The van der Waals surface area contributed by atoms with Crippen molar-refractivity contribution in [3.05, 3.63) is 36.1 Å². The van der Waals surface area contributed by atoms with E-state index >= 15 is 0 Å². The first kappa shape index (κ1) is 14.7. The molecule has 0 radical (unpaired) electrons. The van der Waals surface area contributed by atoms with Crippen LogP contribution in [-0.4, -0.2) is 33.0 Å². The monoisotopic (exact) mass is 315 g/mol. The lowest BCUT2D eigenvalue weighted by Crippen LogP contribution is -2.33. The Hall–Kier alpha value is -2.19. The van der Waals surface area contributed by atoms with Crippen LogP contribution >= 0.6 is 0 Å². The van der Waals surface area contributed by atoms with Gasteiger partial charge in [-0.25, -0.2) is 15.0 Å². The number of alkyl halides is 3. The van der Waals surface area contributed by atoms with Crippen molar-refractivity contribution in [3.63, 3.8) is 0 Å². The van der Waals surface area contributed by atoms with E-state index in [1.807, 2.05) is 4.90 Å². The highest BCUT2D eigenvalue weighted by molar-refractivity contribution is 5.37. The SMILES string of the molecule is Fc1cc(N2CCC(c3ncc(C(F)(F)F)[nH]3)CC2)ncn1.